The van der Waals surface area contributed by atoms with Gasteiger partial charge in [-0.25, -0.2) is 4.39 Å². The van der Waals surface area contributed by atoms with Crippen LogP contribution in [-0.2, 0) is 11.4 Å². The van der Waals surface area contributed by atoms with Gasteiger partial charge in [0.25, 0.3) is 5.91 Å². The van der Waals surface area contributed by atoms with Crippen LogP contribution in [0.15, 0.2) is 40.8 Å². The number of furan rings is 1. The predicted octanol–water partition coefficient (Wildman–Crippen LogP) is 3.52. The lowest BCUT2D eigenvalue weighted by atomic mass is 10.2. The van der Waals surface area contributed by atoms with Crippen LogP contribution in [-0.4, -0.2) is 36.3 Å². The maximum absolute atomic E-state index is 12.9. The smallest absolute Gasteiger partial charge is 0.286 e. The highest BCUT2D eigenvalue weighted by atomic mass is 19.1. The first kappa shape index (κ1) is 19.9. The molecule has 28 heavy (non-hydrogen) atoms. The second-order valence-electron chi connectivity index (χ2n) is 6.81. The topological polar surface area (TPSA) is 71.8 Å². The van der Waals surface area contributed by atoms with E-state index in [9.17, 15) is 14.0 Å². The average molecular weight is 388 g/mol. The fourth-order valence-corrected chi connectivity index (χ4v) is 3.10. The Kier molecular flexibility index (Phi) is 7.06. The average Bonchev–Trinajstić information content (AvgIpc) is 3.08. The van der Waals surface area contributed by atoms with E-state index in [1.54, 1.807) is 12.1 Å². The summed E-state index contributed by atoms with van der Waals surface area (Å²) < 4.78 is 23.9. The number of carbonyl (C=O) groups excluding carboxylic acids is 2. The molecule has 0 saturated carbocycles. The molecule has 0 aliphatic carbocycles. The van der Waals surface area contributed by atoms with Crippen LogP contribution in [0.25, 0.3) is 0 Å². The van der Waals surface area contributed by atoms with E-state index in [4.69, 9.17) is 9.15 Å². The summed E-state index contributed by atoms with van der Waals surface area (Å²) in [6.07, 6.45) is 4.45. The number of nitrogens with one attached hydrogen (secondary N) is 1. The Morgan fingerprint density at radius 1 is 1.14 bits per heavy atom. The number of benzene rings is 1. The van der Waals surface area contributed by atoms with Gasteiger partial charge in [0.15, 0.2) is 5.76 Å². The Balaban J connectivity index is 1.38. The summed E-state index contributed by atoms with van der Waals surface area (Å²) in [5, 5.41) is 2.81. The van der Waals surface area contributed by atoms with E-state index in [-0.39, 0.29) is 30.0 Å². The maximum Gasteiger partial charge on any atom is 0.286 e. The van der Waals surface area contributed by atoms with E-state index in [2.05, 4.69) is 5.32 Å². The van der Waals surface area contributed by atoms with Gasteiger partial charge in [-0.3, -0.25) is 9.59 Å². The third-order valence-corrected chi connectivity index (χ3v) is 4.64. The molecule has 0 unspecified atom stereocenters. The van der Waals surface area contributed by atoms with Gasteiger partial charge < -0.3 is 19.4 Å². The zero-order valence-corrected chi connectivity index (χ0v) is 15.8. The van der Waals surface area contributed by atoms with Gasteiger partial charge in [-0.15, -0.1) is 0 Å². The molecule has 7 heteroatoms. The fraction of sp³-hybridized carbons (Fsp3) is 0.429. The van der Waals surface area contributed by atoms with Crippen molar-refractivity contribution in [2.45, 2.75) is 38.7 Å². The number of nitrogens with zero attached hydrogens (tertiary/aromatic N) is 1. The highest BCUT2D eigenvalue weighted by Crippen LogP contribution is 2.15. The molecule has 3 rings (SSSR count). The standard InChI is InChI=1S/C21H25FN2O4/c22-16-6-8-17(9-7-16)27-15-18-10-11-19(28-18)21(26)23-12-4-14-24-13-3-1-2-5-20(24)25/h6-11H,1-5,12-15H2,(H,23,26). The summed E-state index contributed by atoms with van der Waals surface area (Å²) in [6, 6.07) is 8.96. The van der Waals surface area contributed by atoms with Crippen molar-refractivity contribution in [2.24, 2.45) is 0 Å². The van der Waals surface area contributed by atoms with Gasteiger partial charge in [-0.2, -0.15) is 0 Å². The highest BCUT2D eigenvalue weighted by Gasteiger charge is 2.16. The molecule has 1 saturated heterocycles. The van der Waals surface area contributed by atoms with Crippen LogP contribution in [0.1, 0.15) is 48.4 Å². The Bertz CT molecular complexity index is 788. The molecule has 2 aromatic rings. The maximum atomic E-state index is 12.9. The third-order valence-electron chi connectivity index (χ3n) is 4.64. The van der Waals surface area contributed by atoms with Crippen LogP contribution in [0, 0.1) is 5.82 Å². The summed E-state index contributed by atoms with van der Waals surface area (Å²) in [5.41, 5.74) is 0. The Hall–Kier alpha value is -2.83. The minimum absolute atomic E-state index is 0.149. The van der Waals surface area contributed by atoms with Crippen molar-refractivity contribution >= 4 is 11.8 Å². The number of hydrogen-bond donors (Lipinski definition) is 1. The lowest BCUT2D eigenvalue weighted by Gasteiger charge is -2.20. The molecule has 1 aromatic carbocycles. The molecule has 0 bridgehead atoms. The molecular formula is C21H25FN2O4. The number of amides is 2. The van der Waals surface area contributed by atoms with Crippen molar-refractivity contribution in [2.75, 3.05) is 19.6 Å². The molecule has 1 aliphatic rings. The predicted molar refractivity (Wildman–Crippen MR) is 101 cm³/mol. The molecule has 2 heterocycles. The van der Waals surface area contributed by atoms with Gasteiger partial charge in [0.1, 0.15) is 23.9 Å². The molecule has 6 nitrogen and oxygen atoms in total. The first-order chi connectivity index (χ1) is 13.6. The minimum atomic E-state index is -0.329. The molecule has 1 aliphatic heterocycles. The van der Waals surface area contributed by atoms with E-state index < -0.39 is 0 Å². The molecular weight excluding hydrogens is 363 g/mol. The third kappa shape index (κ3) is 5.84. The van der Waals surface area contributed by atoms with Crippen molar-refractivity contribution in [3.63, 3.8) is 0 Å². The summed E-state index contributed by atoms with van der Waals surface area (Å²) in [7, 11) is 0. The van der Waals surface area contributed by atoms with Crippen LogP contribution in [0.2, 0.25) is 0 Å². The monoisotopic (exact) mass is 388 g/mol. The van der Waals surface area contributed by atoms with Gasteiger partial charge in [-0.1, -0.05) is 6.42 Å². The van der Waals surface area contributed by atoms with Crippen molar-refractivity contribution in [1.82, 2.24) is 10.2 Å². The number of ether oxygens (including phenoxy) is 1. The lowest BCUT2D eigenvalue weighted by Crippen LogP contribution is -2.33. The van der Waals surface area contributed by atoms with Gasteiger partial charge in [0, 0.05) is 26.1 Å². The SMILES string of the molecule is O=C(NCCCN1CCCCCC1=O)c1ccc(COc2ccc(F)cc2)o1. The molecule has 1 fully saturated rings. The second-order valence-corrected chi connectivity index (χ2v) is 6.81. The van der Waals surface area contributed by atoms with E-state index >= 15 is 0 Å². The zero-order chi connectivity index (χ0) is 19.8. The molecule has 1 aromatic heterocycles. The summed E-state index contributed by atoms with van der Waals surface area (Å²) in [6.45, 7) is 2.09. The molecule has 2 amide bonds. The largest absolute Gasteiger partial charge is 0.486 e. The first-order valence-corrected chi connectivity index (χ1v) is 9.65. The Labute approximate surface area is 163 Å². The van der Waals surface area contributed by atoms with Crippen molar-refractivity contribution in [1.29, 1.82) is 0 Å². The van der Waals surface area contributed by atoms with E-state index in [0.29, 0.717) is 37.4 Å². The number of likely N-dealkylation sites (tertiary alicyclic amines) is 1. The number of halogens is 1. The van der Waals surface area contributed by atoms with E-state index in [0.717, 1.165) is 25.8 Å². The molecule has 150 valence electrons. The van der Waals surface area contributed by atoms with Gasteiger partial charge >= 0.3 is 0 Å². The normalized spacial score (nSPS) is 14.6. The number of rotatable bonds is 8. The van der Waals surface area contributed by atoms with Crippen LogP contribution < -0.4 is 10.1 Å². The summed E-state index contributed by atoms with van der Waals surface area (Å²) >= 11 is 0. The van der Waals surface area contributed by atoms with Crippen LogP contribution >= 0.6 is 0 Å². The van der Waals surface area contributed by atoms with Crippen molar-refractivity contribution in [3.05, 3.63) is 53.7 Å². The highest BCUT2D eigenvalue weighted by molar-refractivity contribution is 5.91. The first-order valence-electron chi connectivity index (χ1n) is 9.65. The van der Waals surface area contributed by atoms with E-state index in [1.165, 1.54) is 24.3 Å². The molecule has 1 N–H and O–H groups in total. The zero-order valence-electron chi connectivity index (χ0n) is 15.8. The van der Waals surface area contributed by atoms with Crippen LogP contribution in [0.4, 0.5) is 4.39 Å². The van der Waals surface area contributed by atoms with Crippen molar-refractivity contribution in [3.8, 4) is 5.75 Å². The van der Waals surface area contributed by atoms with Gasteiger partial charge in [0.2, 0.25) is 5.91 Å². The number of hydrogen-bond acceptors (Lipinski definition) is 4. The quantitative estimate of drug-likeness (QED) is 0.703. The molecule has 0 radical (unpaired) electrons. The van der Waals surface area contributed by atoms with Gasteiger partial charge in [0.05, 0.1) is 0 Å². The molecule has 0 spiro atoms. The lowest BCUT2D eigenvalue weighted by molar-refractivity contribution is -0.130. The minimum Gasteiger partial charge on any atom is -0.486 e. The molecule has 0 atom stereocenters. The van der Waals surface area contributed by atoms with Crippen LogP contribution in [0.5, 0.6) is 5.75 Å². The summed E-state index contributed by atoms with van der Waals surface area (Å²) in [5.74, 6) is 0.820. The van der Waals surface area contributed by atoms with E-state index in [1.807, 2.05) is 4.90 Å². The Morgan fingerprint density at radius 2 is 1.96 bits per heavy atom. The summed E-state index contributed by atoms with van der Waals surface area (Å²) in [4.78, 5) is 26.0. The van der Waals surface area contributed by atoms with Crippen LogP contribution in [0.3, 0.4) is 0 Å². The fourth-order valence-electron chi connectivity index (χ4n) is 3.10. The second kappa shape index (κ2) is 9.92. The van der Waals surface area contributed by atoms with Crippen molar-refractivity contribution < 1.29 is 23.1 Å². The Morgan fingerprint density at radius 3 is 2.79 bits per heavy atom. The number of carbonyl (C=O) groups is 2. The van der Waals surface area contributed by atoms with Gasteiger partial charge in [-0.05, 0) is 55.7 Å².